The average molecular weight is 166 g/mol. The Morgan fingerprint density at radius 1 is 1.42 bits per heavy atom. The number of amidine groups is 1. The molecule has 0 fully saturated rings. The SMILES string of the molecule is NC1=[NH+]C(N)(N)C2=NC=NC2=N1. The summed E-state index contributed by atoms with van der Waals surface area (Å²) in [5.41, 5.74) is 17.1. The highest BCUT2D eigenvalue weighted by Crippen LogP contribution is 2.00. The molecule has 7 N–H and O–H groups in total. The van der Waals surface area contributed by atoms with Gasteiger partial charge in [-0.2, -0.15) is 4.99 Å². The molecule has 2 rings (SSSR count). The van der Waals surface area contributed by atoms with Gasteiger partial charge >= 0.3 is 5.96 Å². The summed E-state index contributed by atoms with van der Waals surface area (Å²) >= 11 is 0. The molecule has 62 valence electrons. The van der Waals surface area contributed by atoms with E-state index in [4.69, 9.17) is 17.2 Å². The van der Waals surface area contributed by atoms with E-state index in [1.165, 1.54) is 6.34 Å². The van der Waals surface area contributed by atoms with Crippen LogP contribution in [0.3, 0.4) is 0 Å². The Labute approximate surface area is 67.8 Å². The number of rotatable bonds is 0. The van der Waals surface area contributed by atoms with Gasteiger partial charge in [0.2, 0.25) is 5.79 Å². The third kappa shape index (κ3) is 0.840. The summed E-state index contributed by atoms with van der Waals surface area (Å²) in [7, 11) is 0. The summed E-state index contributed by atoms with van der Waals surface area (Å²) in [6.45, 7) is 0. The Morgan fingerprint density at radius 2 is 2.17 bits per heavy atom. The first-order chi connectivity index (χ1) is 5.59. The molecule has 0 atom stereocenters. The third-order valence-electron chi connectivity index (χ3n) is 1.53. The van der Waals surface area contributed by atoms with Gasteiger partial charge in [0.15, 0.2) is 5.71 Å². The van der Waals surface area contributed by atoms with E-state index in [-0.39, 0.29) is 5.96 Å². The van der Waals surface area contributed by atoms with Crippen molar-refractivity contribution in [2.45, 2.75) is 5.79 Å². The Kier molecular flexibility index (Phi) is 1.15. The maximum atomic E-state index is 5.63. The normalized spacial score (nSPS) is 24.3. The van der Waals surface area contributed by atoms with Crippen LogP contribution in [0.15, 0.2) is 15.0 Å². The van der Waals surface area contributed by atoms with Crippen molar-refractivity contribution in [3.05, 3.63) is 0 Å². The van der Waals surface area contributed by atoms with E-state index in [9.17, 15) is 0 Å². The van der Waals surface area contributed by atoms with Crippen molar-refractivity contribution in [2.75, 3.05) is 0 Å². The first-order valence-electron chi connectivity index (χ1n) is 3.28. The lowest BCUT2D eigenvalue weighted by Crippen LogP contribution is -3.00. The van der Waals surface area contributed by atoms with E-state index in [1.54, 1.807) is 0 Å². The molecule has 0 aromatic heterocycles. The van der Waals surface area contributed by atoms with Crippen molar-refractivity contribution in [2.24, 2.45) is 32.2 Å². The minimum absolute atomic E-state index is 0.146. The van der Waals surface area contributed by atoms with E-state index in [2.05, 4.69) is 20.0 Å². The van der Waals surface area contributed by atoms with Crippen molar-refractivity contribution < 1.29 is 4.99 Å². The zero-order chi connectivity index (χ0) is 8.77. The minimum Gasteiger partial charge on any atom is -0.288 e. The molecule has 0 radical (unpaired) electrons. The Morgan fingerprint density at radius 3 is 2.92 bits per heavy atom. The Balaban J connectivity index is 2.54. The van der Waals surface area contributed by atoms with Gasteiger partial charge in [0, 0.05) is 0 Å². The summed E-state index contributed by atoms with van der Waals surface area (Å²) in [6.07, 6.45) is 1.34. The molecule has 2 heterocycles. The Hall–Kier alpha value is -1.60. The number of nitrogens with two attached hydrogens (primary N) is 3. The second-order valence-corrected chi connectivity index (χ2v) is 2.54. The highest BCUT2D eigenvalue weighted by Gasteiger charge is 2.39. The van der Waals surface area contributed by atoms with Crippen LogP contribution in [0, 0.1) is 0 Å². The van der Waals surface area contributed by atoms with E-state index in [0.29, 0.717) is 11.5 Å². The molecule has 0 amide bonds. The lowest BCUT2D eigenvalue weighted by Gasteiger charge is -2.18. The van der Waals surface area contributed by atoms with Crippen LogP contribution in [0.1, 0.15) is 0 Å². The van der Waals surface area contributed by atoms with Crippen LogP contribution >= 0.6 is 0 Å². The summed E-state index contributed by atoms with van der Waals surface area (Å²) in [5.74, 6) is -0.748. The van der Waals surface area contributed by atoms with Crippen LogP contribution in [0.4, 0.5) is 0 Å². The van der Waals surface area contributed by atoms with Crippen molar-refractivity contribution in [1.82, 2.24) is 0 Å². The maximum absolute atomic E-state index is 5.63. The number of nitrogens with one attached hydrogen (secondary N) is 1. The maximum Gasteiger partial charge on any atom is 0.387 e. The molecule has 0 spiro atoms. The average Bonchev–Trinajstić information content (AvgIpc) is 2.32. The summed E-state index contributed by atoms with van der Waals surface area (Å²) < 4.78 is 0. The fourth-order valence-electron chi connectivity index (χ4n) is 1.05. The highest BCUT2D eigenvalue weighted by molar-refractivity contribution is 6.49. The van der Waals surface area contributed by atoms with Crippen molar-refractivity contribution in [1.29, 1.82) is 0 Å². The molecule has 7 heteroatoms. The molecule has 0 saturated carbocycles. The molecule has 12 heavy (non-hydrogen) atoms. The van der Waals surface area contributed by atoms with Gasteiger partial charge in [-0.1, -0.05) is 0 Å². The van der Waals surface area contributed by atoms with E-state index in [0.717, 1.165) is 0 Å². The first-order valence-corrected chi connectivity index (χ1v) is 3.28. The zero-order valence-corrected chi connectivity index (χ0v) is 6.15. The molecular formula is C5H8N7+. The lowest BCUT2D eigenvalue weighted by molar-refractivity contribution is -0.529. The first kappa shape index (κ1) is 7.07. The second-order valence-electron chi connectivity index (χ2n) is 2.54. The van der Waals surface area contributed by atoms with Gasteiger partial charge < -0.3 is 0 Å². The molecule has 7 nitrogen and oxygen atoms in total. The van der Waals surface area contributed by atoms with Crippen LogP contribution in [0.2, 0.25) is 0 Å². The smallest absolute Gasteiger partial charge is 0.288 e. The van der Waals surface area contributed by atoms with E-state index in [1.807, 2.05) is 0 Å². The van der Waals surface area contributed by atoms with Gasteiger partial charge in [-0.25, -0.2) is 9.98 Å². The zero-order valence-electron chi connectivity index (χ0n) is 6.15. The third-order valence-corrected chi connectivity index (χ3v) is 1.53. The summed E-state index contributed by atoms with van der Waals surface area (Å²) in [4.78, 5) is 14.1. The number of hydrogen-bond donors (Lipinski definition) is 4. The van der Waals surface area contributed by atoms with Gasteiger partial charge in [-0.15, -0.1) is 0 Å². The van der Waals surface area contributed by atoms with Gasteiger partial charge in [-0.3, -0.25) is 17.2 Å². The standard InChI is InChI=1S/C5H7N7/c6-4-11-3-2(9-1-10-3)5(7,8)12-4/h1H,7-8H2,(H2,6,12)/p+1. The molecule has 2 aliphatic rings. The van der Waals surface area contributed by atoms with Gasteiger partial charge in [0.25, 0.3) is 5.84 Å². The molecule has 0 aromatic rings. The van der Waals surface area contributed by atoms with E-state index >= 15 is 0 Å². The number of guanidine groups is 1. The van der Waals surface area contributed by atoms with Crippen LogP contribution in [0.25, 0.3) is 0 Å². The fraction of sp³-hybridized carbons (Fsp3) is 0.200. The predicted octanol–water partition coefficient (Wildman–Crippen LogP) is -4.15. The quantitative estimate of drug-likeness (QED) is 0.272. The number of aliphatic imine (C=N–C) groups is 3. The van der Waals surface area contributed by atoms with Crippen LogP contribution < -0.4 is 22.2 Å². The second kappa shape index (κ2) is 1.96. The largest absolute Gasteiger partial charge is 0.387 e. The molecule has 0 bridgehead atoms. The van der Waals surface area contributed by atoms with Gasteiger partial charge in [0.05, 0.1) is 0 Å². The molecular weight excluding hydrogens is 158 g/mol. The van der Waals surface area contributed by atoms with Gasteiger partial charge in [-0.05, 0) is 4.99 Å². The van der Waals surface area contributed by atoms with Crippen LogP contribution in [-0.2, 0) is 0 Å². The fourth-order valence-corrected chi connectivity index (χ4v) is 1.05. The molecule has 0 aliphatic carbocycles. The molecule has 0 unspecified atom stereocenters. The van der Waals surface area contributed by atoms with Crippen LogP contribution in [-0.4, -0.2) is 29.6 Å². The van der Waals surface area contributed by atoms with Crippen molar-refractivity contribution in [3.63, 3.8) is 0 Å². The highest BCUT2D eigenvalue weighted by atomic mass is 15.3. The lowest BCUT2D eigenvalue weighted by atomic mass is 10.2. The van der Waals surface area contributed by atoms with Crippen molar-refractivity contribution in [3.8, 4) is 0 Å². The van der Waals surface area contributed by atoms with Gasteiger partial charge in [0.1, 0.15) is 6.34 Å². The van der Waals surface area contributed by atoms with E-state index < -0.39 is 5.79 Å². The monoisotopic (exact) mass is 166 g/mol. The Bertz CT molecular complexity index is 345. The number of nitrogens with zero attached hydrogens (tertiary/aromatic N) is 3. The molecule has 0 saturated heterocycles. The number of hydrogen-bond acceptors (Lipinski definition) is 6. The predicted molar refractivity (Wildman–Crippen MR) is 44.6 cm³/mol. The summed E-state index contributed by atoms with van der Waals surface area (Å²) in [5, 5.41) is 0. The molecule has 0 aromatic carbocycles. The molecule has 2 aliphatic heterocycles. The van der Waals surface area contributed by atoms with Crippen molar-refractivity contribution >= 4 is 23.8 Å². The van der Waals surface area contributed by atoms with Crippen LogP contribution in [0.5, 0.6) is 0 Å². The minimum atomic E-state index is -1.27. The number of fused-ring (bicyclic) bond motifs is 1. The topological polar surface area (TPSA) is 129 Å². The summed E-state index contributed by atoms with van der Waals surface area (Å²) in [6, 6.07) is 0.